The molecule has 0 aliphatic rings. The summed E-state index contributed by atoms with van der Waals surface area (Å²) in [7, 11) is 1.64. The lowest BCUT2D eigenvalue weighted by Crippen LogP contribution is -2.16. The van der Waals surface area contributed by atoms with E-state index in [-0.39, 0.29) is 5.76 Å². The molecule has 0 atom stereocenters. The lowest BCUT2D eigenvalue weighted by atomic mass is 10.2. The van der Waals surface area contributed by atoms with Crippen molar-refractivity contribution in [3.8, 4) is 5.75 Å². The SMILES string of the molecule is CCn1c(=NC(=O)c2cc(C)no2)sc2c(C)ccc(OC)c21. The van der Waals surface area contributed by atoms with Gasteiger partial charge in [-0.2, -0.15) is 4.99 Å². The van der Waals surface area contributed by atoms with Crippen molar-refractivity contribution in [2.75, 3.05) is 7.11 Å². The van der Waals surface area contributed by atoms with Gasteiger partial charge in [0.05, 0.1) is 17.5 Å². The molecule has 6 nitrogen and oxygen atoms in total. The van der Waals surface area contributed by atoms with Crippen molar-refractivity contribution in [1.82, 2.24) is 9.72 Å². The highest BCUT2D eigenvalue weighted by molar-refractivity contribution is 7.16. The number of hydrogen-bond acceptors (Lipinski definition) is 5. The largest absolute Gasteiger partial charge is 0.495 e. The van der Waals surface area contributed by atoms with Gasteiger partial charge in [-0.1, -0.05) is 22.6 Å². The third-order valence-electron chi connectivity index (χ3n) is 3.56. The number of amides is 1. The minimum atomic E-state index is -0.434. The first-order valence-corrected chi connectivity index (χ1v) is 8.06. The van der Waals surface area contributed by atoms with E-state index in [2.05, 4.69) is 10.1 Å². The topological polar surface area (TPSA) is 69.6 Å². The number of aryl methyl sites for hydroxylation is 3. The van der Waals surface area contributed by atoms with Crippen LogP contribution in [0.4, 0.5) is 0 Å². The Bertz CT molecular complexity index is 949. The van der Waals surface area contributed by atoms with Crippen molar-refractivity contribution in [2.45, 2.75) is 27.3 Å². The number of thiazole rings is 1. The molecule has 3 aromatic rings. The lowest BCUT2D eigenvalue weighted by Gasteiger charge is -2.07. The second-order valence-corrected chi connectivity index (χ2v) is 6.12. The van der Waals surface area contributed by atoms with Crippen molar-refractivity contribution in [3.63, 3.8) is 0 Å². The fourth-order valence-electron chi connectivity index (χ4n) is 2.43. The third-order valence-corrected chi connectivity index (χ3v) is 4.77. The van der Waals surface area contributed by atoms with Gasteiger partial charge in [-0.3, -0.25) is 4.79 Å². The number of carbonyl (C=O) groups is 1. The highest BCUT2D eigenvalue weighted by atomic mass is 32.1. The van der Waals surface area contributed by atoms with E-state index in [1.807, 2.05) is 30.5 Å². The predicted octanol–water partition coefficient (Wildman–Crippen LogP) is 3.08. The normalized spacial score (nSPS) is 12.1. The molecule has 0 saturated heterocycles. The zero-order chi connectivity index (χ0) is 16.6. The van der Waals surface area contributed by atoms with Gasteiger partial charge in [0.15, 0.2) is 4.80 Å². The van der Waals surface area contributed by atoms with Crippen molar-refractivity contribution in [2.24, 2.45) is 4.99 Å². The molecule has 0 saturated carbocycles. The molecule has 7 heteroatoms. The minimum absolute atomic E-state index is 0.145. The zero-order valence-corrected chi connectivity index (χ0v) is 14.2. The summed E-state index contributed by atoms with van der Waals surface area (Å²) in [6, 6.07) is 5.52. The molecule has 1 amide bonds. The van der Waals surface area contributed by atoms with Crippen molar-refractivity contribution >= 4 is 27.5 Å². The molecule has 0 bridgehead atoms. The van der Waals surface area contributed by atoms with Crippen molar-refractivity contribution in [3.05, 3.63) is 40.0 Å². The Morgan fingerprint density at radius 2 is 2.22 bits per heavy atom. The molecule has 2 aromatic heterocycles. The summed E-state index contributed by atoms with van der Waals surface area (Å²) in [4.78, 5) is 17.1. The first kappa shape index (κ1) is 15.5. The van der Waals surface area contributed by atoms with E-state index in [1.165, 1.54) is 11.3 Å². The Balaban J connectivity index is 2.23. The number of benzene rings is 1. The van der Waals surface area contributed by atoms with Gasteiger partial charge in [-0.05, 0) is 32.4 Å². The van der Waals surface area contributed by atoms with Crippen LogP contribution in [0.5, 0.6) is 5.75 Å². The van der Waals surface area contributed by atoms with Crippen LogP contribution < -0.4 is 9.54 Å². The molecular formula is C16H17N3O3S. The molecule has 0 aliphatic heterocycles. The molecule has 0 spiro atoms. The molecule has 23 heavy (non-hydrogen) atoms. The monoisotopic (exact) mass is 331 g/mol. The average Bonchev–Trinajstić information content (AvgIpc) is 3.12. The van der Waals surface area contributed by atoms with E-state index in [0.717, 1.165) is 21.5 Å². The summed E-state index contributed by atoms with van der Waals surface area (Å²) < 4.78 is 13.5. The summed E-state index contributed by atoms with van der Waals surface area (Å²) >= 11 is 1.47. The van der Waals surface area contributed by atoms with Crippen molar-refractivity contribution < 1.29 is 14.1 Å². The van der Waals surface area contributed by atoms with E-state index >= 15 is 0 Å². The summed E-state index contributed by atoms with van der Waals surface area (Å²) in [6.45, 7) is 6.49. The molecule has 1 aromatic carbocycles. The van der Waals surface area contributed by atoms with Crippen LogP contribution in [-0.4, -0.2) is 22.7 Å². The van der Waals surface area contributed by atoms with Gasteiger partial charge in [0.2, 0.25) is 5.76 Å². The molecule has 0 fully saturated rings. The number of methoxy groups -OCH3 is 1. The number of ether oxygens (including phenoxy) is 1. The first-order valence-electron chi connectivity index (χ1n) is 7.24. The van der Waals surface area contributed by atoms with E-state index < -0.39 is 5.91 Å². The lowest BCUT2D eigenvalue weighted by molar-refractivity contribution is 0.0962. The standard InChI is InChI=1S/C16H17N3O3S/c1-5-19-13-11(21-4)7-6-9(2)14(13)23-16(19)17-15(20)12-8-10(3)18-22-12/h6-8H,5H2,1-4H3. The average molecular weight is 331 g/mol. The van der Waals surface area contributed by atoms with Crippen LogP contribution in [-0.2, 0) is 6.54 Å². The van der Waals surface area contributed by atoms with Gasteiger partial charge in [-0.25, -0.2) is 0 Å². The molecule has 120 valence electrons. The van der Waals surface area contributed by atoms with Gasteiger partial charge >= 0.3 is 5.91 Å². The Kier molecular flexibility index (Phi) is 4.04. The maximum atomic E-state index is 12.3. The van der Waals surface area contributed by atoms with E-state index in [1.54, 1.807) is 20.1 Å². The Hall–Kier alpha value is -2.41. The maximum Gasteiger partial charge on any atom is 0.318 e. The maximum absolute atomic E-state index is 12.3. The molecule has 2 heterocycles. The van der Waals surface area contributed by atoms with E-state index in [4.69, 9.17) is 9.26 Å². The van der Waals surface area contributed by atoms with Crippen LogP contribution in [0.15, 0.2) is 27.7 Å². The quantitative estimate of drug-likeness (QED) is 0.739. The molecule has 0 N–H and O–H groups in total. The van der Waals surface area contributed by atoms with Gasteiger partial charge < -0.3 is 13.8 Å². The molecule has 0 aliphatic carbocycles. The Morgan fingerprint density at radius 3 is 2.83 bits per heavy atom. The zero-order valence-electron chi connectivity index (χ0n) is 13.4. The van der Waals surface area contributed by atoms with Crippen LogP contribution in [0.3, 0.4) is 0 Å². The van der Waals surface area contributed by atoms with Crippen LogP contribution in [0.2, 0.25) is 0 Å². The van der Waals surface area contributed by atoms with E-state index in [9.17, 15) is 4.79 Å². The number of carbonyl (C=O) groups excluding carboxylic acids is 1. The van der Waals surface area contributed by atoms with Crippen molar-refractivity contribution in [1.29, 1.82) is 0 Å². The van der Waals surface area contributed by atoms with Gasteiger partial charge in [0.1, 0.15) is 11.3 Å². The van der Waals surface area contributed by atoms with Gasteiger partial charge in [-0.15, -0.1) is 0 Å². The summed E-state index contributed by atoms with van der Waals surface area (Å²) in [5.74, 6) is 0.482. The smallest absolute Gasteiger partial charge is 0.318 e. The highest BCUT2D eigenvalue weighted by Crippen LogP contribution is 2.30. The second kappa shape index (κ2) is 6.00. The van der Waals surface area contributed by atoms with Crippen LogP contribution in [0.1, 0.15) is 28.7 Å². The fourth-order valence-corrected chi connectivity index (χ4v) is 3.61. The van der Waals surface area contributed by atoms with E-state index in [0.29, 0.717) is 17.0 Å². The molecule has 3 rings (SSSR count). The van der Waals surface area contributed by atoms with Crippen LogP contribution in [0, 0.1) is 13.8 Å². The summed E-state index contributed by atoms with van der Waals surface area (Å²) in [5, 5.41) is 3.73. The fraction of sp³-hybridized carbons (Fsp3) is 0.312. The third kappa shape index (κ3) is 2.68. The molecular weight excluding hydrogens is 314 g/mol. The number of rotatable bonds is 3. The molecule has 0 radical (unpaired) electrons. The number of nitrogens with zero attached hydrogens (tertiary/aromatic N) is 3. The number of fused-ring (bicyclic) bond motifs is 1. The summed E-state index contributed by atoms with van der Waals surface area (Å²) in [5.41, 5.74) is 2.73. The Morgan fingerprint density at radius 1 is 1.43 bits per heavy atom. The van der Waals surface area contributed by atoms with Crippen LogP contribution in [0.25, 0.3) is 10.2 Å². The Labute approximate surface area is 137 Å². The second-order valence-electron chi connectivity index (χ2n) is 5.14. The first-order chi connectivity index (χ1) is 11.0. The van der Waals surface area contributed by atoms with Gasteiger partial charge in [0, 0.05) is 12.6 Å². The van der Waals surface area contributed by atoms with Gasteiger partial charge in [0.25, 0.3) is 0 Å². The minimum Gasteiger partial charge on any atom is -0.495 e. The number of aromatic nitrogens is 2. The number of hydrogen-bond donors (Lipinski definition) is 0. The highest BCUT2D eigenvalue weighted by Gasteiger charge is 2.15. The molecule has 0 unspecified atom stereocenters. The summed E-state index contributed by atoms with van der Waals surface area (Å²) in [6.07, 6.45) is 0. The van der Waals surface area contributed by atoms with Crippen LogP contribution >= 0.6 is 11.3 Å². The predicted molar refractivity (Wildman–Crippen MR) is 87.9 cm³/mol.